The van der Waals surface area contributed by atoms with E-state index < -0.39 is 0 Å². The number of carbonyl (C=O) groups excluding carboxylic acids is 1. The molecule has 0 atom stereocenters. The van der Waals surface area contributed by atoms with Gasteiger partial charge in [-0.05, 0) is 42.2 Å². The Kier molecular flexibility index (Phi) is 4.05. The lowest BCUT2D eigenvalue weighted by Gasteiger charge is -2.27. The SMILES string of the molecule is Cc1ccc(C(=O)N2CC=C(c3ccccc3)CC2)cc1F. The second-order valence-electron chi connectivity index (χ2n) is 5.56. The third-order valence-corrected chi connectivity index (χ3v) is 4.06. The average Bonchev–Trinajstić information content (AvgIpc) is 2.58. The normalized spacial score (nSPS) is 14.6. The highest BCUT2D eigenvalue weighted by molar-refractivity contribution is 5.94. The highest BCUT2D eigenvalue weighted by Gasteiger charge is 2.19. The number of nitrogens with zero attached hydrogens (tertiary/aromatic N) is 1. The average molecular weight is 295 g/mol. The summed E-state index contributed by atoms with van der Waals surface area (Å²) in [4.78, 5) is 14.2. The van der Waals surface area contributed by atoms with Gasteiger partial charge in [0.15, 0.2) is 0 Å². The van der Waals surface area contributed by atoms with E-state index in [0.717, 1.165) is 6.42 Å². The van der Waals surface area contributed by atoms with E-state index in [0.29, 0.717) is 24.2 Å². The van der Waals surface area contributed by atoms with Crippen molar-refractivity contribution in [2.75, 3.05) is 13.1 Å². The summed E-state index contributed by atoms with van der Waals surface area (Å²) in [6.45, 7) is 2.92. The Morgan fingerprint density at radius 3 is 2.55 bits per heavy atom. The maximum absolute atomic E-state index is 13.6. The first kappa shape index (κ1) is 14.5. The van der Waals surface area contributed by atoms with Gasteiger partial charge in [-0.15, -0.1) is 0 Å². The van der Waals surface area contributed by atoms with E-state index in [9.17, 15) is 9.18 Å². The van der Waals surface area contributed by atoms with Crippen LogP contribution in [0.2, 0.25) is 0 Å². The van der Waals surface area contributed by atoms with Gasteiger partial charge < -0.3 is 4.90 Å². The van der Waals surface area contributed by atoms with Crippen molar-refractivity contribution in [3.05, 3.63) is 77.1 Å². The molecule has 1 amide bonds. The van der Waals surface area contributed by atoms with Gasteiger partial charge in [0.25, 0.3) is 5.91 Å². The van der Waals surface area contributed by atoms with Crippen molar-refractivity contribution in [1.29, 1.82) is 0 Å². The number of benzene rings is 2. The summed E-state index contributed by atoms with van der Waals surface area (Å²) in [5.74, 6) is -0.439. The summed E-state index contributed by atoms with van der Waals surface area (Å²) in [6, 6.07) is 14.9. The Hall–Kier alpha value is -2.42. The molecule has 1 aliphatic rings. The van der Waals surface area contributed by atoms with Crippen LogP contribution < -0.4 is 0 Å². The molecule has 2 aromatic carbocycles. The van der Waals surface area contributed by atoms with E-state index in [1.165, 1.54) is 17.2 Å². The molecule has 0 saturated carbocycles. The van der Waals surface area contributed by atoms with Gasteiger partial charge in [-0.3, -0.25) is 4.79 Å². The molecule has 2 aromatic rings. The largest absolute Gasteiger partial charge is 0.335 e. The van der Waals surface area contributed by atoms with Gasteiger partial charge in [-0.2, -0.15) is 0 Å². The van der Waals surface area contributed by atoms with Crippen molar-refractivity contribution in [1.82, 2.24) is 4.90 Å². The molecule has 0 unspecified atom stereocenters. The summed E-state index contributed by atoms with van der Waals surface area (Å²) in [7, 11) is 0. The van der Waals surface area contributed by atoms with Crippen LogP contribution in [0.3, 0.4) is 0 Å². The van der Waals surface area contributed by atoms with Gasteiger partial charge in [0.2, 0.25) is 0 Å². The van der Waals surface area contributed by atoms with E-state index >= 15 is 0 Å². The van der Waals surface area contributed by atoms with Crippen LogP contribution in [0, 0.1) is 12.7 Å². The fraction of sp³-hybridized carbons (Fsp3) is 0.211. The van der Waals surface area contributed by atoms with Crippen LogP contribution in [0.1, 0.15) is 27.9 Å². The quantitative estimate of drug-likeness (QED) is 0.818. The maximum atomic E-state index is 13.6. The predicted octanol–water partition coefficient (Wildman–Crippen LogP) is 4.06. The van der Waals surface area contributed by atoms with Crippen LogP contribution in [-0.2, 0) is 0 Å². The van der Waals surface area contributed by atoms with Crippen molar-refractivity contribution in [2.24, 2.45) is 0 Å². The number of hydrogen-bond acceptors (Lipinski definition) is 1. The van der Waals surface area contributed by atoms with Crippen LogP contribution in [0.15, 0.2) is 54.6 Å². The van der Waals surface area contributed by atoms with Gasteiger partial charge in [0.1, 0.15) is 5.82 Å². The molecule has 0 saturated heterocycles. The van der Waals surface area contributed by atoms with Crippen LogP contribution >= 0.6 is 0 Å². The molecule has 3 heteroatoms. The lowest BCUT2D eigenvalue weighted by molar-refractivity contribution is 0.0772. The minimum Gasteiger partial charge on any atom is -0.335 e. The summed E-state index contributed by atoms with van der Waals surface area (Å²) in [5, 5.41) is 0. The smallest absolute Gasteiger partial charge is 0.254 e. The van der Waals surface area contributed by atoms with Crippen molar-refractivity contribution in [2.45, 2.75) is 13.3 Å². The van der Waals surface area contributed by atoms with Gasteiger partial charge >= 0.3 is 0 Å². The molecule has 0 aliphatic carbocycles. The highest BCUT2D eigenvalue weighted by atomic mass is 19.1. The predicted molar refractivity (Wildman–Crippen MR) is 86.1 cm³/mol. The van der Waals surface area contributed by atoms with Crippen LogP contribution in [0.25, 0.3) is 5.57 Å². The minimum absolute atomic E-state index is 0.109. The molecule has 3 rings (SSSR count). The molecule has 0 spiro atoms. The molecule has 1 aliphatic heterocycles. The molecule has 0 aromatic heterocycles. The molecule has 0 fully saturated rings. The van der Waals surface area contributed by atoms with Crippen molar-refractivity contribution >= 4 is 11.5 Å². The number of hydrogen-bond donors (Lipinski definition) is 0. The Labute approximate surface area is 129 Å². The molecular weight excluding hydrogens is 277 g/mol. The summed E-state index contributed by atoms with van der Waals surface area (Å²) in [5.41, 5.74) is 3.44. The second-order valence-corrected chi connectivity index (χ2v) is 5.56. The molecule has 22 heavy (non-hydrogen) atoms. The van der Waals surface area contributed by atoms with E-state index in [-0.39, 0.29) is 11.7 Å². The second kappa shape index (κ2) is 6.14. The number of carbonyl (C=O) groups is 1. The van der Waals surface area contributed by atoms with Crippen molar-refractivity contribution in [3.63, 3.8) is 0 Å². The van der Waals surface area contributed by atoms with E-state index in [2.05, 4.69) is 18.2 Å². The minimum atomic E-state index is -0.330. The standard InChI is InChI=1S/C19H18FNO/c1-14-7-8-17(13-18(14)20)19(22)21-11-9-16(10-12-21)15-5-3-2-4-6-15/h2-9,13H,10-12H2,1H3. The molecule has 0 N–H and O–H groups in total. The van der Waals surface area contributed by atoms with Crippen LogP contribution in [0.5, 0.6) is 0 Å². The molecular formula is C19H18FNO. The molecule has 0 radical (unpaired) electrons. The fourth-order valence-corrected chi connectivity index (χ4v) is 2.68. The first-order chi connectivity index (χ1) is 10.6. The van der Waals surface area contributed by atoms with Gasteiger partial charge in [0, 0.05) is 18.7 Å². The Morgan fingerprint density at radius 2 is 1.91 bits per heavy atom. The van der Waals surface area contributed by atoms with Gasteiger partial charge in [0.05, 0.1) is 0 Å². The monoisotopic (exact) mass is 295 g/mol. The van der Waals surface area contributed by atoms with E-state index in [4.69, 9.17) is 0 Å². The molecule has 2 nitrogen and oxygen atoms in total. The topological polar surface area (TPSA) is 20.3 Å². The molecule has 112 valence electrons. The number of halogens is 1. The third-order valence-electron chi connectivity index (χ3n) is 4.06. The fourth-order valence-electron chi connectivity index (χ4n) is 2.68. The number of rotatable bonds is 2. The number of aryl methyl sites for hydroxylation is 1. The third kappa shape index (κ3) is 2.93. The Morgan fingerprint density at radius 1 is 1.14 bits per heavy atom. The zero-order chi connectivity index (χ0) is 15.5. The molecule has 1 heterocycles. The zero-order valence-corrected chi connectivity index (χ0v) is 12.6. The lowest BCUT2D eigenvalue weighted by atomic mass is 9.99. The van der Waals surface area contributed by atoms with E-state index in [1.807, 2.05) is 18.2 Å². The van der Waals surface area contributed by atoms with Crippen molar-refractivity contribution < 1.29 is 9.18 Å². The molecule has 0 bridgehead atoms. The van der Waals surface area contributed by atoms with Crippen molar-refractivity contribution in [3.8, 4) is 0 Å². The Balaban J connectivity index is 1.74. The first-order valence-electron chi connectivity index (χ1n) is 7.45. The van der Waals surface area contributed by atoms with Gasteiger partial charge in [-0.1, -0.05) is 42.5 Å². The zero-order valence-electron chi connectivity index (χ0n) is 12.6. The lowest BCUT2D eigenvalue weighted by Crippen LogP contribution is -2.34. The van der Waals surface area contributed by atoms with Gasteiger partial charge in [-0.25, -0.2) is 4.39 Å². The Bertz CT molecular complexity index is 721. The van der Waals surface area contributed by atoms with E-state index in [1.54, 1.807) is 24.0 Å². The maximum Gasteiger partial charge on any atom is 0.254 e. The number of amides is 1. The first-order valence-corrected chi connectivity index (χ1v) is 7.45. The summed E-state index contributed by atoms with van der Waals surface area (Å²) < 4.78 is 13.6. The van der Waals surface area contributed by atoms with Crippen LogP contribution in [-0.4, -0.2) is 23.9 Å². The highest BCUT2D eigenvalue weighted by Crippen LogP contribution is 2.23. The summed E-state index contributed by atoms with van der Waals surface area (Å²) in [6.07, 6.45) is 2.91. The van der Waals surface area contributed by atoms with Crippen LogP contribution in [0.4, 0.5) is 4.39 Å². The summed E-state index contributed by atoms with van der Waals surface area (Å²) >= 11 is 0.